The Hall–Kier alpha value is -2.08. The molecule has 0 fully saturated rings. The van der Waals surface area contributed by atoms with Gasteiger partial charge in [0.2, 0.25) is 0 Å². The zero-order valence-electron chi connectivity index (χ0n) is 11.7. The summed E-state index contributed by atoms with van der Waals surface area (Å²) in [4.78, 5) is 0. The van der Waals surface area contributed by atoms with Crippen molar-refractivity contribution in [2.24, 2.45) is 7.05 Å². The number of furan rings is 1. The van der Waals surface area contributed by atoms with Crippen molar-refractivity contribution in [1.29, 1.82) is 0 Å². The molecule has 0 bridgehead atoms. The van der Waals surface area contributed by atoms with Gasteiger partial charge in [-0.25, -0.2) is 4.39 Å². The largest absolute Gasteiger partial charge is 0.469 e. The Morgan fingerprint density at radius 1 is 1.24 bits per heavy atom. The summed E-state index contributed by atoms with van der Waals surface area (Å²) in [6.07, 6.45) is 1.63. The molecule has 21 heavy (non-hydrogen) atoms. The monoisotopic (exact) mass is 303 g/mol. The summed E-state index contributed by atoms with van der Waals surface area (Å²) in [6, 6.07) is 8.62. The van der Waals surface area contributed by atoms with Crippen LogP contribution in [0.2, 0.25) is 0 Å². The first kappa shape index (κ1) is 13.9. The molecule has 0 saturated carbocycles. The van der Waals surface area contributed by atoms with Crippen LogP contribution < -0.4 is 0 Å². The van der Waals surface area contributed by atoms with Crippen LogP contribution >= 0.6 is 11.8 Å². The standard InChI is InChI=1S/C15H14FN3OS/c1-10-12(7-8-20-10)14-17-18-15(19(14)2)21-9-11-5-3-4-6-13(11)16/h3-8H,9H2,1-2H3. The van der Waals surface area contributed by atoms with E-state index in [0.717, 1.165) is 22.3 Å². The third-order valence-electron chi connectivity index (χ3n) is 3.25. The minimum absolute atomic E-state index is 0.196. The SMILES string of the molecule is Cc1occc1-c1nnc(SCc2ccccc2F)n1C. The molecule has 0 aliphatic heterocycles. The summed E-state index contributed by atoms with van der Waals surface area (Å²) in [6.45, 7) is 1.89. The van der Waals surface area contributed by atoms with Crippen molar-refractivity contribution >= 4 is 11.8 Å². The van der Waals surface area contributed by atoms with Gasteiger partial charge in [-0.1, -0.05) is 30.0 Å². The van der Waals surface area contributed by atoms with Crippen molar-refractivity contribution in [3.63, 3.8) is 0 Å². The first-order chi connectivity index (χ1) is 10.2. The second kappa shape index (κ2) is 5.73. The van der Waals surface area contributed by atoms with Gasteiger partial charge in [0.05, 0.1) is 11.8 Å². The van der Waals surface area contributed by atoms with Gasteiger partial charge < -0.3 is 8.98 Å². The zero-order valence-corrected chi connectivity index (χ0v) is 12.5. The van der Waals surface area contributed by atoms with Crippen molar-refractivity contribution in [3.05, 3.63) is 53.7 Å². The molecule has 2 heterocycles. The van der Waals surface area contributed by atoms with Crippen LogP contribution in [0.15, 0.2) is 46.2 Å². The fourth-order valence-electron chi connectivity index (χ4n) is 2.05. The molecule has 0 saturated heterocycles. The third kappa shape index (κ3) is 2.71. The van der Waals surface area contributed by atoms with Crippen LogP contribution in [-0.4, -0.2) is 14.8 Å². The Kier molecular flexibility index (Phi) is 3.79. The van der Waals surface area contributed by atoms with Gasteiger partial charge >= 0.3 is 0 Å². The van der Waals surface area contributed by atoms with Crippen molar-refractivity contribution in [1.82, 2.24) is 14.8 Å². The molecular formula is C15H14FN3OS. The van der Waals surface area contributed by atoms with Crippen LogP contribution in [0.25, 0.3) is 11.4 Å². The molecule has 6 heteroatoms. The fraction of sp³-hybridized carbons (Fsp3) is 0.200. The quantitative estimate of drug-likeness (QED) is 0.687. The molecule has 108 valence electrons. The van der Waals surface area contributed by atoms with Crippen molar-refractivity contribution in [2.75, 3.05) is 0 Å². The van der Waals surface area contributed by atoms with E-state index < -0.39 is 0 Å². The first-order valence-corrected chi connectivity index (χ1v) is 7.45. The smallest absolute Gasteiger partial charge is 0.191 e. The van der Waals surface area contributed by atoms with E-state index in [1.165, 1.54) is 17.8 Å². The van der Waals surface area contributed by atoms with Crippen LogP contribution in [0.5, 0.6) is 0 Å². The number of thioether (sulfide) groups is 1. The van der Waals surface area contributed by atoms with Crippen molar-refractivity contribution in [3.8, 4) is 11.4 Å². The van der Waals surface area contributed by atoms with E-state index >= 15 is 0 Å². The highest BCUT2D eigenvalue weighted by Crippen LogP contribution is 2.27. The molecule has 0 aliphatic rings. The average Bonchev–Trinajstić information content (AvgIpc) is 3.04. The Labute approximate surface area is 126 Å². The lowest BCUT2D eigenvalue weighted by Crippen LogP contribution is -1.95. The molecule has 0 aliphatic carbocycles. The maximum absolute atomic E-state index is 13.6. The van der Waals surface area contributed by atoms with E-state index in [1.807, 2.05) is 30.7 Å². The van der Waals surface area contributed by atoms with Gasteiger partial charge in [0.25, 0.3) is 0 Å². The van der Waals surface area contributed by atoms with E-state index in [1.54, 1.807) is 18.4 Å². The second-order valence-electron chi connectivity index (χ2n) is 4.64. The molecule has 3 aromatic rings. The minimum atomic E-state index is -0.196. The highest BCUT2D eigenvalue weighted by atomic mass is 32.2. The number of halogens is 1. The minimum Gasteiger partial charge on any atom is -0.469 e. The molecule has 3 rings (SSSR count). The maximum Gasteiger partial charge on any atom is 0.191 e. The predicted molar refractivity (Wildman–Crippen MR) is 79.4 cm³/mol. The number of hydrogen-bond acceptors (Lipinski definition) is 4. The molecule has 1 aromatic carbocycles. The summed E-state index contributed by atoms with van der Waals surface area (Å²) >= 11 is 1.46. The van der Waals surface area contributed by atoms with Gasteiger partial charge in [-0.3, -0.25) is 0 Å². The number of aromatic nitrogens is 3. The van der Waals surface area contributed by atoms with Gasteiger partial charge in [-0.05, 0) is 24.6 Å². The predicted octanol–water partition coefficient (Wildman–Crippen LogP) is 3.81. The molecule has 0 unspecified atom stereocenters. The normalized spacial score (nSPS) is 11.0. The summed E-state index contributed by atoms with van der Waals surface area (Å²) < 4.78 is 20.8. The molecule has 4 nitrogen and oxygen atoms in total. The van der Waals surface area contributed by atoms with Crippen molar-refractivity contribution < 1.29 is 8.81 Å². The average molecular weight is 303 g/mol. The summed E-state index contributed by atoms with van der Waals surface area (Å²) in [5.41, 5.74) is 1.58. The molecule has 0 radical (unpaired) electrons. The molecular weight excluding hydrogens is 289 g/mol. The maximum atomic E-state index is 13.6. The van der Waals surface area contributed by atoms with Crippen LogP contribution in [0.3, 0.4) is 0 Å². The third-order valence-corrected chi connectivity index (χ3v) is 4.32. The fourth-order valence-corrected chi connectivity index (χ4v) is 2.95. The Balaban J connectivity index is 1.80. The Bertz CT molecular complexity index is 766. The van der Waals surface area contributed by atoms with Gasteiger partial charge in [-0.2, -0.15) is 0 Å². The molecule has 0 atom stereocenters. The molecule has 0 N–H and O–H groups in total. The number of nitrogens with zero attached hydrogens (tertiary/aromatic N) is 3. The topological polar surface area (TPSA) is 43.9 Å². The van der Waals surface area contributed by atoms with E-state index in [2.05, 4.69) is 10.2 Å². The zero-order chi connectivity index (χ0) is 14.8. The number of benzene rings is 1. The highest BCUT2D eigenvalue weighted by Gasteiger charge is 2.15. The highest BCUT2D eigenvalue weighted by molar-refractivity contribution is 7.98. The summed E-state index contributed by atoms with van der Waals surface area (Å²) in [7, 11) is 1.89. The van der Waals surface area contributed by atoms with Gasteiger partial charge in [0, 0.05) is 12.8 Å². The van der Waals surface area contributed by atoms with Crippen LogP contribution in [0, 0.1) is 12.7 Å². The lowest BCUT2D eigenvalue weighted by Gasteiger charge is -2.04. The molecule has 0 spiro atoms. The lowest BCUT2D eigenvalue weighted by molar-refractivity contribution is 0.534. The number of rotatable bonds is 4. The molecule has 0 amide bonds. The first-order valence-electron chi connectivity index (χ1n) is 6.47. The van der Waals surface area contributed by atoms with E-state index in [0.29, 0.717) is 11.3 Å². The molecule has 2 aromatic heterocycles. The van der Waals surface area contributed by atoms with E-state index in [4.69, 9.17) is 4.42 Å². The van der Waals surface area contributed by atoms with Crippen LogP contribution in [0.1, 0.15) is 11.3 Å². The van der Waals surface area contributed by atoms with Gasteiger partial charge in [-0.15, -0.1) is 10.2 Å². The summed E-state index contributed by atoms with van der Waals surface area (Å²) in [5.74, 6) is 1.87. The van der Waals surface area contributed by atoms with Crippen molar-refractivity contribution in [2.45, 2.75) is 17.8 Å². The number of hydrogen-bond donors (Lipinski definition) is 0. The second-order valence-corrected chi connectivity index (χ2v) is 5.58. The van der Waals surface area contributed by atoms with E-state index in [9.17, 15) is 4.39 Å². The Morgan fingerprint density at radius 2 is 2.05 bits per heavy atom. The number of aryl methyl sites for hydroxylation is 1. The van der Waals surface area contributed by atoms with Gasteiger partial charge in [0.15, 0.2) is 11.0 Å². The lowest BCUT2D eigenvalue weighted by atomic mass is 10.2. The van der Waals surface area contributed by atoms with Gasteiger partial charge in [0.1, 0.15) is 11.6 Å². The Morgan fingerprint density at radius 3 is 2.76 bits per heavy atom. The van der Waals surface area contributed by atoms with E-state index in [-0.39, 0.29) is 5.82 Å². The summed E-state index contributed by atoms with van der Waals surface area (Å²) in [5, 5.41) is 9.11. The van der Waals surface area contributed by atoms with Crippen LogP contribution in [0.4, 0.5) is 4.39 Å². The van der Waals surface area contributed by atoms with Crippen LogP contribution in [-0.2, 0) is 12.8 Å².